The summed E-state index contributed by atoms with van der Waals surface area (Å²) in [6.07, 6.45) is 3.92. The van der Waals surface area contributed by atoms with Gasteiger partial charge in [-0.2, -0.15) is 0 Å². The molecule has 0 spiro atoms. The second-order valence-corrected chi connectivity index (χ2v) is 4.71. The van der Waals surface area contributed by atoms with Crippen molar-refractivity contribution in [1.82, 2.24) is 4.90 Å². The zero-order chi connectivity index (χ0) is 11.7. The van der Waals surface area contributed by atoms with Crippen molar-refractivity contribution >= 4 is 6.02 Å². The molecule has 2 atom stereocenters. The summed E-state index contributed by atoms with van der Waals surface area (Å²) < 4.78 is 6.02. The van der Waals surface area contributed by atoms with E-state index in [0.717, 1.165) is 12.6 Å². The van der Waals surface area contributed by atoms with E-state index in [1.165, 1.54) is 24.8 Å². The predicted molar refractivity (Wildman–Crippen MR) is 68.0 cm³/mol. The van der Waals surface area contributed by atoms with Crippen molar-refractivity contribution in [3.63, 3.8) is 0 Å². The average molecular weight is 230 g/mol. The molecule has 2 fully saturated rings. The molecule has 3 heteroatoms. The molecular formula is C14H18N2O. The lowest BCUT2D eigenvalue weighted by molar-refractivity contribution is 0.168. The van der Waals surface area contributed by atoms with Crippen molar-refractivity contribution in [2.45, 2.75) is 31.4 Å². The highest BCUT2D eigenvalue weighted by Gasteiger charge is 2.41. The highest BCUT2D eigenvalue weighted by Crippen LogP contribution is 2.37. The molecule has 2 aliphatic heterocycles. The van der Waals surface area contributed by atoms with Gasteiger partial charge >= 0.3 is 0 Å². The molecule has 2 saturated heterocycles. The molecule has 0 N–H and O–H groups in total. The first-order valence-electron chi connectivity index (χ1n) is 6.35. The van der Waals surface area contributed by atoms with Gasteiger partial charge in [-0.25, -0.2) is 4.99 Å². The Morgan fingerprint density at radius 3 is 2.82 bits per heavy atom. The van der Waals surface area contributed by atoms with Gasteiger partial charge in [0.05, 0.1) is 6.04 Å². The van der Waals surface area contributed by atoms with Gasteiger partial charge in [-0.3, -0.25) is 0 Å². The number of amidine groups is 1. The normalized spacial score (nSPS) is 30.2. The van der Waals surface area contributed by atoms with Crippen molar-refractivity contribution < 1.29 is 4.74 Å². The first kappa shape index (κ1) is 10.6. The van der Waals surface area contributed by atoms with E-state index in [0.29, 0.717) is 6.04 Å². The maximum Gasteiger partial charge on any atom is 0.288 e. The lowest BCUT2D eigenvalue weighted by Crippen LogP contribution is -2.38. The standard InChI is InChI=1S/C14H18N2O/c1-15-14-16-10-6-5-9-12(16)13(17-14)11-7-3-2-4-8-11/h2-4,7-8,12-13H,5-6,9-10H2,1H3. The van der Waals surface area contributed by atoms with Crippen LogP contribution in [0.3, 0.4) is 0 Å². The van der Waals surface area contributed by atoms with Crippen LogP contribution in [0.5, 0.6) is 0 Å². The number of piperidine rings is 1. The van der Waals surface area contributed by atoms with E-state index >= 15 is 0 Å². The number of fused-ring (bicyclic) bond motifs is 1. The zero-order valence-corrected chi connectivity index (χ0v) is 10.2. The topological polar surface area (TPSA) is 24.8 Å². The molecule has 1 aromatic carbocycles. The Hall–Kier alpha value is -1.51. The van der Waals surface area contributed by atoms with Crippen LogP contribution in [-0.2, 0) is 4.74 Å². The molecule has 0 saturated carbocycles. The SMILES string of the molecule is CN=C1OC(c2ccccc2)C2CCCCN12. The van der Waals surface area contributed by atoms with Crippen LogP contribution in [0.1, 0.15) is 30.9 Å². The fourth-order valence-corrected chi connectivity index (χ4v) is 2.88. The van der Waals surface area contributed by atoms with Crippen LogP contribution in [0.4, 0.5) is 0 Å². The average Bonchev–Trinajstić information content (AvgIpc) is 2.78. The second kappa shape index (κ2) is 4.40. The third-order valence-corrected chi connectivity index (χ3v) is 3.70. The monoisotopic (exact) mass is 230 g/mol. The van der Waals surface area contributed by atoms with E-state index in [1.54, 1.807) is 0 Å². The highest BCUT2D eigenvalue weighted by molar-refractivity contribution is 5.76. The summed E-state index contributed by atoms with van der Waals surface area (Å²) in [6, 6.07) is 11.8. The van der Waals surface area contributed by atoms with Gasteiger partial charge < -0.3 is 9.64 Å². The summed E-state index contributed by atoms with van der Waals surface area (Å²) in [5, 5.41) is 0. The Labute approximate surface area is 102 Å². The van der Waals surface area contributed by atoms with E-state index in [9.17, 15) is 0 Å². The summed E-state index contributed by atoms with van der Waals surface area (Å²) in [5.74, 6) is 0. The van der Waals surface area contributed by atoms with Gasteiger partial charge in [0, 0.05) is 13.6 Å². The summed E-state index contributed by atoms with van der Waals surface area (Å²) in [5.41, 5.74) is 1.27. The molecule has 0 aromatic heterocycles. The molecule has 1 aromatic rings. The fraction of sp³-hybridized carbons (Fsp3) is 0.500. The van der Waals surface area contributed by atoms with E-state index in [2.05, 4.69) is 34.2 Å². The second-order valence-electron chi connectivity index (χ2n) is 4.71. The molecule has 0 bridgehead atoms. The molecule has 0 radical (unpaired) electrons. The van der Waals surface area contributed by atoms with Crippen LogP contribution in [0.2, 0.25) is 0 Å². The molecule has 2 unspecified atom stereocenters. The van der Waals surface area contributed by atoms with E-state index in [4.69, 9.17) is 4.74 Å². The number of ether oxygens (including phenoxy) is 1. The number of benzene rings is 1. The predicted octanol–water partition coefficient (Wildman–Crippen LogP) is 2.60. The van der Waals surface area contributed by atoms with E-state index in [1.807, 2.05) is 13.1 Å². The number of hydrogen-bond donors (Lipinski definition) is 0. The highest BCUT2D eigenvalue weighted by atomic mass is 16.5. The lowest BCUT2D eigenvalue weighted by atomic mass is 9.94. The van der Waals surface area contributed by atoms with Crippen molar-refractivity contribution in [3.05, 3.63) is 35.9 Å². The minimum absolute atomic E-state index is 0.162. The van der Waals surface area contributed by atoms with E-state index < -0.39 is 0 Å². The van der Waals surface area contributed by atoms with Crippen LogP contribution < -0.4 is 0 Å². The summed E-state index contributed by atoms with van der Waals surface area (Å²) >= 11 is 0. The van der Waals surface area contributed by atoms with Crippen molar-refractivity contribution in [2.75, 3.05) is 13.6 Å². The Bertz CT molecular complexity index is 415. The number of aliphatic imine (C=N–C) groups is 1. The molecule has 2 heterocycles. The molecule has 0 aliphatic carbocycles. The Morgan fingerprint density at radius 2 is 2.06 bits per heavy atom. The third-order valence-electron chi connectivity index (χ3n) is 3.70. The largest absolute Gasteiger partial charge is 0.455 e. The van der Waals surface area contributed by atoms with Crippen molar-refractivity contribution in [3.8, 4) is 0 Å². The Morgan fingerprint density at radius 1 is 1.24 bits per heavy atom. The molecule has 2 aliphatic rings. The summed E-state index contributed by atoms with van der Waals surface area (Å²) in [7, 11) is 1.81. The first-order valence-corrected chi connectivity index (χ1v) is 6.35. The smallest absolute Gasteiger partial charge is 0.288 e. The van der Waals surface area contributed by atoms with Gasteiger partial charge in [-0.15, -0.1) is 0 Å². The zero-order valence-electron chi connectivity index (χ0n) is 10.2. The Kier molecular flexibility index (Phi) is 2.75. The lowest BCUT2D eigenvalue weighted by Gasteiger charge is -2.30. The van der Waals surface area contributed by atoms with Gasteiger partial charge in [0.2, 0.25) is 0 Å². The van der Waals surface area contributed by atoms with Crippen LogP contribution >= 0.6 is 0 Å². The molecular weight excluding hydrogens is 212 g/mol. The van der Waals surface area contributed by atoms with Crippen LogP contribution in [-0.4, -0.2) is 30.6 Å². The van der Waals surface area contributed by atoms with Gasteiger partial charge in [0.25, 0.3) is 6.02 Å². The Balaban J connectivity index is 1.91. The third kappa shape index (κ3) is 1.79. The summed E-state index contributed by atoms with van der Waals surface area (Å²) in [4.78, 5) is 6.60. The number of nitrogens with zero attached hydrogens (tertiary/aromatic N) is 2. The number of rotatable bonds is 1. The minimum Gasteiger partial charge on any atom is -0.455 e. The first-order chi connectivity index (χ1) is 8.40. The molecule has 0 amide bonds. The van der Waals surface area contributed by atoms with Crippen molar-refractivity contribution in [1.29, 1.82) is 0 Å². The number of hydrogen-bond acceptors (Lipinski definition) is 2. The van der Waals surface area contributed by atoms with Crippen LogP contribution in [0.25, 0.3) is 0 Å². The molecule has 90 valence electrons. The van der Waals surface area contributed by atoms with Gasteiger partial charge in [-0.05, 0) is 24.8 Å². The molecule has 3 nitrogen and oxygen atoms in total. The van der Waals surface area contributed by atoms with Crippen LogP contribution in [0.15, 0.2) is 35.3 Å². The van der Waals surface area contributed by atoms with Gasteiger partial charge in [0.15, 0.2) is 0 Å². The van der Waals surface area contributed by atoms with Crippen molar-refractivity contribution in [2.24, 2.45) is 4.99 Å². The fourth-order valence-electron chi connectivity index (χ4n) is 2.88. The summed E-state index contributed by atoms with van der Waals surface area (Å²) in [6.45, 7) is 1.08. The van der Waals surface area contributed by atoms with Crippen LogP contribution in [0, 0.1) is 0 Å². The quantitative estimate of drug-likeness (QED) is 0.740. The van der Waals surface area contributed by atoms with E-state index in [-0.39, 0.29) is 6.10 Å². The maximum atomic E-state index is 6.02. The maximum absolute atomic E-state index is 6.02. The van der Waals surface area contributed by atoms with Gasteiger partial charge in [0.1, 0.15) is 6.10 Å². The van der Waals surface area contributed by atoms with Gasteiger partial charge in [-0.1, -0.05) is 30.3 Å². The molecule has 3 rings (SSSR count). The minimum atomic E-state index is 0.162. The molecule has 17 heavy (non-hydrogen) atoms.